The van der Waals surface area contributed by atoms with Crippen LogP contribution in [0.25, 0.3) is 0 Å². The smallest absolute Gasteiger partial charge is 0.323 e. The van der Waals surface area contributed by atoms with Gasteiger partial charge in [-0.3, -0.25) is 14.3 Å². The van der Waals surface area contributed by atoms with Crippen molar-refractivity contribution in [3.05, 3.63) is 35.5 Å². The molecule has 0 bridgehead atoms. The van der Waals surface area contributed by atoms with E-state index < -0.39 is 11.9 Å². The number of aromatic nitrogens is 3. The van der Waals surface area contributed by atoms with Crippen molar-refractivity contribution in [1.29, 1.82) is 0 Å². The average molecular weight is 306 g/mol. The third-order valence-corrected chi connectivity index (χ3v) is 2.97. The second kappa shape index (κ2) is 6.88. The quantitative estimate of drug-likeness (QED) is 0.823. The predicted molar refractivity (Wildman–Crippen MR) is 76.4 cm³/mol. The van der Waals surface area contributed by atoms with Gasteiger partial charge in [-0.25, -0.2) is 0 Å². The summed E-state index contributed by atoms with van der Waals surface area (Å²) in [6.45, 7) is 4.16. The summed E-state index contributed by atoms with van der Waals surface area (Å²) in [5.74, 6) is -1.02. The van der Waals surface area contributed by atoms with E-state index in [1.165, 1.54) is 11.0 Å². The number of hydrogen-bond donors (Lipinski definition) is 1. The summed E-state index contributed by atoms with van der Waals surface area (Å²) in [4.78, 5) is 24.3. The predicted octanol–water partition coefficient (Wildman–Crippen LogP) is 1.16. The lowest BCUT2D eigenvalue weighted by Crippen LogP contribution is -2.36. The van der Waals surface area contributed by atoms with Gasteiger partial charge in [-0.15, -0.1) is 0 Å². The van der Waals surface area contributed by atoms with E-state index in [0.717, 1.165) is 5.56 Å². The van der Waals surface area contributed by atoms with E-state index in [1.54, 1.807) is 10.9 Å². The van der Waals surface area contributed by atoms with Crippen LogP contribution in [0.2, 0.25) is 0 Å². The zero-order chi connectivity index (χ0) is 16.1. The van der Waals surface area contributed by atoms with Crippen LogP contribution in [-0.2, 0) is 11.3 Å². The SMILES string of the molecule is CCCN(CC(=O)O)C(=O)c1cc(Cn2cc(C)cn2)on1. The van der Waals surface area contributed by atoms with Gasteiger partial charge in [0.1, 0.15) is 13.1 Å². The van der Waals surface area contributed by atoms with Crippen LogP contribution in [0.5, 0.6) is 0 Å². The van der Waals surface area contributed by atoms with Crippen molar-refractivity contribution in [3.8, 4) is 0 Å². The van der Waals surface area contributed by atoms with Crippen molar-refractivity contribution in [2.24, 2.45) is 0 Å². The van der Waals surface area contributed by atoms with Gasteiger partial charge in [-0.1, -0.05) is 12.1 Å². The third-order valence-electron chi connectivity index (χ3n) is 2.97. The number of hydrogen-bond acceptors (Lipinski definition) is 5. The molecule has 0 aliphatic rings. The molecular formula is C14H18N4O4. The molecule has 22 heavy (non-hydrogen) atoms. The molecule has 1 amide bonds. The lowest BCUT2D eigenvalue weighted by Gasteiger charge is -2.18. The number of rotatable bonds is 7. The van der Waals surface area contributed by atoms with Crippen molar-refractivity contribution in [1.82, 2.24) is 19.8 Å². The Morgan fingerprint density at radius 1 is 1.45 bits per heavy atom. The second-order valence-corrected chi connectivity index (χ2v) is 5.01. The van der Waals surface area contributed by atoms with E-state index in [9.17, 15) is 9.59 Å². The fourth-order valence-electron chi connectivity index (χ4n) is 2.05. The molecular weight excluding hydrogens is 288 g/mol. The normalized spacial score (nSPS) is 10.6. The third kappa shape index (κ3) is 3.94. The zero-order valence-electron chi connectivity index (χ0n) is 12.5. The molecule has 8 heteroatoms. The Balaban J connectivity index is 2.08. The largest absolute Gasteiger partial charge is 0.480 e. The molecule has 0 aromatic carbocycles. The standard InChI is InChI=1S/C14H18N4O4/c1-3-4-17(9-13(19)20)14(21)12-5-11(22-16-12)8-18-7-10(2)6-15-18/h5-7H,3-4,8-9H2,1-2H3,(H,19,20). The molecule has 2 rings (SSSR count). The van der Waals surface area contributed by atoms with Crippen molar-refractivity contribution in [2.45, 2.75) is 26.8 Å². The summed E-state index contributed by atoms with van der Waals surface area (Å²) in [5, 5.41) is 16.7. The summed E-state index contributed by atoms with van der Waals surface area (Å²) in [6, 6.07) is 1.52. The molecule has 0 radical (unpaired) electrons. The van der Waals surface area contributed by atoms with Crippen molar-refractivity contribution >= 4 is 11.9 Å². The summed E-state index contributed by atoms with van der Waals surface area (Å²) in [5.41, 5.74) is 1.12. The second-order valence-electron chi connectivity index (χ2n) is 5.01. The van der Waals surface area contributed by atoms with E-state index in [4.69, 9.17) is 9.63 Å². The Hall–Kier alpha value is -2.64. The van der Waals surface area contributed by atoms with Crippen LogP contribution in [0.4, 0.5) is 0 Å². The fourth-order valence-corrected chi connectivity index (χ4v) is 2.05. The highest BCUT2D eigenvalue weighted by Crippen LogP contribution is 2.09. The molecule has 0 fully saturated rings. The van der Waals surface area contributed by atoms with E-state index >= 15 is 0 Å². The Morgan fingerprint density at radius 3 is 2.82 bits per heavy atom. The minimum Gasteiger partial charge on any atom is -0.480 e. The molecule has 118 valence electrons. The zero-order valence-corrected chi connectivity index (χ0v) is 12.5. The van der Waals surface area contributed by atoms with Crippen LogP contribution in [0.1, 0.15) is 35.2 Å². The number of carbonyl (C=O) groups is 2. The van der Waals surface area contributed by atoms with Gasteiger partial charge in [0.05, 0.1) is 6.20 Å². The van der Waals surface area contributed by atoms with Gasteiger partial charge in [0, 0.05) is 18.8 Å². The minimum atomic E-state index is -1.06. The lowest BCUT2D eigenvalue weighted by molar-refractivity contribution is -0.137. The van der Waals surface area contributed by atoms with E-state index in [0.29, 0.717) is 25.3 Å². The first-order valence-corrected chi connectivity index (χ1v) is 6.95. The van der Waals surface area contributed by atoms with Crippen LogP contribution in [0.3, 0.4) is 0 Å². The van der Waals surface area contributed by atoms with Crippen molar-refractivity contribution in [2.75, 3.05) is 13.1 Å². The van der Waals surface area contributed by atoms with Crippen LogP contribution in [0, 0.1) is 6.92 Å². The molecule has 0 unspecified atom stereocenters. The van der Waals surface area contributed by atoms with Gasteiger partial charge in [0.15, 0.2) is 11.5 Å². The molecule has 0 saturated heterocycles. The maximum atomic E-state index is 12.3. The first kappa shape index (κ1) is 15.7. The average Bonchev–Trinajstić information content (AvgIpc) is 3.07. The highest BCUT2D eigenvalue weighted by atomic mass is 16.5. The number of carboxylic acid groups (broad SMARTS) is 1. The van der Waals surface area contributed by atoms with E-state index in [-0.39, 0.29) is 12.2 Å². The highest BCUT2D eigenvalue weighted by Gasteiger charge is 2.21. The molecule has 0 aliphatic heterocycles. The highest BCUT2D eigenvalue weighted by molar-refractivity contribution is 5.94. The van der Waals surface area contributed by atoms with Gasteiger partial charge in [-0.2, -0.15) is 5.10 Å². The summed E-state index contributed by atoms with van der Waals surface area (Å²) in [7, 11) is 0. The minimum absolute atomic E-state index is 0.105. The molecule has 2 aromatic heterocycles. The summed E-state index contributed by atoms with van der Waals surface area (Å²) >= 11 is 0. The Morgan fingerprint density at radius 2 is 2.23 bits per heavy atom. The first-order valence-electron chi connectivity index (χ1n) is 6.95. The number of carboxylic acids is 1. The van der Waals surface area contributed by atoms with Crippen LogP contribution in [-0.4, -0.2) is 49.9 Å². The number of aliphatic carboxylic acids is 1. The van der Waals surface area contributed by atoms with Crippen molar-refractivity contribution < 1.29 is 19.2 Å². The van der Waals surface area contributed by atoms with Gasteiger partial charge < -0.3 is 14.5 Å². The molecule has 0 aliphatic carbocycles. The molecule has 0 saturated carbocycles. The monoisotopic (exact) mass is 306 g/mol. The van der Waals surface area contributed by atoms with Crippen LogP contribution in [0.15, 0.2) is 23.0 Å². The maximum absolute atomic E-state index is 12.3. The molecule has 2 heterocycles. The number of nitrogens with zero attached hydrogens (tertiary/aromatic N) is 4. The number of carbonyl (C=O) groups excluding carboxylic acids is 1. The van der Waals surface area contributed by atoms with E-state index in [2.05, 4.69) is 10.3 Å². The molecule has 1 N–H and O–H groups in total. The fraction of sp³-hybridized carbons (Fsp3) is 0.429. The molecule has 2 aromatic rings. The maximum Gasteiger partial charge on any atom is 0.323 e. The topological polar surface area (TPSA) is 101 Å². The Kier molecular flexibility index (Phi) is 4.92. The van der Waals surface area contributed by atoms with Crippen molar-refractivity contribution in [3.63, 3.8) is 0 Å². The molecule has 0 spiro atoms. The molecule has 0 atom stereocenters. The first-order chi connectivity index (χ1) is 10.5. The van der Waals surface area contributed by atoms with Crippen LogP contribution >= 0.6 is 0 Å². The number of aryl methyl sites for hydroxylation is 1. The van der Waals surface area contributed by atoms with E-state index in [1.807, 2.05) is 20.0 Å². The number of amides is 1. The molecule has 8 nitrogen and oxygen atoms in total. The lowest BCUT2D eigenvalue weighted by atomic mass is 10.3. The Labute approximate surface area is 127 Å². The Bertz CT molecular complexity index is 661. The van der Waals surface area contributed by atoms with Gasteiger partial charge in [0.25, 0.3) is 5.91 Å². The van der Waals surface area contributed by atoms with Crippen LogP contribution < -0.4 is 0 Å². The van der Waals surface area contributed by atoms with Gasteiger partial charge >= 0.3 is 5.97 Å². The van der Waals surface area contributed by atoms with Gasteiger partial charge in [0.2, 0.25) is 0 Å². The summed E-state index contributed by atoms with van der Waals surface area (Å²) in [6.07, 6.45) is 4.23. The summed E-state index contributed by atoms with van der Waals surface area (Å²) < 4.78 is 6.80. The van der Waals surface area contributed by atoms with Gasteiger partial charge in [-0.05, 0) is 18.9 Å².